The van der Waals surface area contributed by atoms with E-state index in [2.05, 4.69) is 0 Å². The summed E-state index contributed by atoms with van der Waals surface area (Å²) in [7, 11) is 0. The van der Waals surface area contributed by atoms with Crippen molar-refractivity contribution in [3.63, 3.8) is 0 Å². The highest BCUT2D eigenvalue weighted by molar-refractivity contribution is 6.36. The summed E-state index contributed by atoms with van der Waals surface area (Å²) >= 11 is 6.67. The molecule has 5 nitrogen and oxygen atoms in total. The van der Waals surface area contributed by atoms with Crippen LogP contribution in [0.4, 0.5) is 4.39 Å². The van der Waals surface area contributed by atoms with E-state index in [0.717, 1.165) is 38.5 Å². The van der Waals surface area contributed by atoms with Gasteiger partial charge in [0.1, 0.15) is 11.4 Å². The van der Waals surface area contributed by atoms with E-state index < -0.39 is 17.2 Å². The molecule has 0 bridgehead atoms. The fraction of sp³-hybridized carbons (Fsp3) is 0.500. The Bertz CT molecular complexity index is 984. The molecule has 4 rings (SSSR count). The number of aromatic carboxylic acids is 1. The molecule has 2 fully saturated rings. The topological polar surface area (TPSA) is 85.3 Å². The second kappa shape index (κ2) is 6.91. The fourth-order valence-electron chi connectivity index (χ4n) is 4.28. The Kier molecular flexibility index (Phi) is 4.72. The molecule has 27 heavy (non-hydrogen) atoms. The van der Waals surface area contributed by atoms with Crippen molar-refractivity contribution >= 4 is 28.5 Å². The molecule has 0 aliphatic heterocycles. The van der Waals surface area contributed by atoms with E-state index in [9.17, 15) is 14.7 Å². The quantitative estimate of drug-likeness (QED) is 0.766. The van der Waals surface area contributed by atoms with Crippen LogP contribution < -0.4 is 11.2 Å². The predicted octanol–water partition coefficient (Wildman–Crippen LogP) is 4.20. The number of nitrogens with zero attached hydrogens (tertiary/aromatic N) is 1. The maximum Gasteiger partial charge on any atom is 0.341 e. The Morgan fingerprint density at radius 1 is 1.26 bits per heavy atom. The maximum atomic E-state index is 15.1. The summed E-state index contributed by atoms with van der Waals surface area (Å²) in [5.74, 6) is -1.96. The van der Waals surface area contributed by atoms with Crippen molar-refractivity contribution in [3.05, 3.63) is 44.5 Å². The van der Waals surface area contributed by atoms with E-state index >= 15 is 4.39 Å². The highest BCUT2D eigenvalue weighted by atomic mass is 35.5. The Morgan fingerprint density at radius 2 is 1.96 bits per heavy atom. The number of carboxylic acid groups (broad SMARTS) is 1. The lowest BCUT2D eigenvalue weighted by Gasteiger charge is -2.22. The van der Waals surface area contributed by atoms with Crippen LogP contribution in [0.5, 0.6) is 0 Å². The van der Waals surface area contributed by atoms with Crippen molar-refractivity contribution < 1.29 is 14.3 Å². The van der Waals surface area contributed by atoms with Crippen molar-refractivity contribution in [1.82, 2.24) is 4.57 Å². The molecule has 0 saturated heterocycles. The van der Waals surface area contributed by atoms with Gasteiger partial charge in [-0.3, -0.25) is 4.79 Å². The zero-order valence-electron chi connectivity index (χ0n) is 14.9. The van der Waals surface area contributed by atoms with Crippen LogP contribution in [0.15, 0.2) is 17.1 Å². The van der Waals surface area contributed by atoms with E-state index in [1.807, 2.05) is 0 Å². The van der Waals surface area contributed by atoms with Crippen LogP contribution in [0.25, 0.3) is 10.9 Å². The highest BCUT2D eigenvalue weighted by Gasteiger charge is 2.31. The third kappa shape index (κ3) is 3.25. The zero-order chi connectivity index (χ0) is 19.3. The second-order valence-electron chi connectivity index (χ2n) is 7.77. The zero-order valence-corrected chi connectivity index (χ0v) is 15.6. The van der Waals surface area contributed by atoms with Crippen molar-refractivity contribution in [3.8, 4) is 0 Å². The minimum atomic E-state index is -1.31. The van der Waals surface area contributed by atoms with E-state index in [1.54, 1.807) is 4.57 Å². The van der Waals surface area contributed by atoms with Gasteiger partial charge < -0.3 is 15.4 Å². The van der Waals surface area contributed by atoms with Crippen LogP contribution in [-0.2, 0) is 0 Å². The summed E-state index contributed by atoms with van der Waals surface area (Å²) in [6.45, 7) is 0. The van der Waals surface area contributed by atoms with E-state index in [0.29, 0.717) is 17.5 Å². The number of pyridine rings is 1. The Balaban J connectivity index is 1.98. The van der Waals surface area contributed by atoms with Crippen LogP contribution in [0.1, 0.15) is 72.8 Å². The minimum absolute atomic E-state index is 0.00340. The van der Waals surface area contributed by atoms with Crippen LogP contribution in [0, 0.1) is 5.82 Å². The smallest absolute Gasteiger partial charge is 0.341 e. The Morgan fingerprint density at radius 3 is 2.63 bits per heavy atom. The molecule has 2 aliphatic carbocycles. The van der Waals surface area contributed by atoms with Crippen molar-refractivity contribution in [2.75, 3.05) is 0 Å². The van der Waals surface area contributed by atoms with Crippen molar-refractivity contribution in [1.29, 1.82) is 0 Å². The van der Waals surface area contributed by atoms with Crippen LogP contribution in [0.3, 0.4) is 0 Å². The van der Waals surface area contributed by atoms with Gasteiger partial charge >= 0.3 is 5.97 Å². The number of benzene rings is 1. The molecule has 1 aromatic heterocycles. The molecule has 2 atom stereocenters. The highest BCUT2D eigenvalue weighted by Crippen LogP contribution is 2.43. The molecule has 1 aromatic carbocycles. The Labute approximate surface area is 160 Å². The van der Waals surface area contributed by atoms with Gasteiger partial charge in [-0.05, 0) is 44.1 Å². The fourth-order valence-corrected chi connectivity index (χ4v) is 4.73. The van der Waals surface area contributed by atoms with Crippen LogP contribution in [-0.4, -0.2) is 21.7 Å². The molecule has 144 valence electrons. The van der Waals surface area contributed by atoms with Gasteiger partial charge in [-0.25, -0.2) is 9.18 Å². The molecule has 0 radical (unpaired) electrons. The van der Waals surface area contributed by atoms with Gasteiger partial charge in [-0.15, -0.1) is 0 Å². The summed E-state index contributed by atoms with van der Waals surface area (Å²) in [5, 5.41) is 9.62. The standard InChI is InChI=1S/C20H22ClFN2O3/c21-17-16(10-3-1-2-4-11(23)7-10)15(22)8-13-18(17)24(12-5-6-12)9-14(19(13)25)20(26)27/h8-12H,1-7,23H2,(H,26,27)/t10?,11-/m1/s1. The molecular weight excluding hydrogens is 371 g/mol. The number of fused-ring (bicyclic) bond motifs is 1. The molecule has 1 unspecified atom stereocenters. The summed E-state index contributed by atoms with van der Waals surface area (Å²) in [6.07, 6.45) is 7.47. The number of halogens is 2. The third-order valence-electron chi connectivity index (χ3n) is 5.79. The first-order valence-corrected chi connectivity index (χ1v) is 9.82. The SMILES string of the molecule is N[C@@H]1CCCCC(c2c(F)cc3c(=O)c(C(=O)O)cn(C4CC4)c3c2Cl)C1. The summed E-state index contributed by atoms with van der Waals surface area (Å²) in [4.78, 5) is 24.1. The second-order valence-corrected chi connectivity index (χ2v) is 8.15. The molecule has 2 aromatic rings. The first kappa shape index (κ1) is 18.4. The van der Waals surface area contributed by atoms with Crippen LogP contribution in [0.2, 0.25) is 5.02 Å². The number of carbonyl (C=O) groups is 1. The third-order valence-corrected chi connectivity index (χ3v) is 6.17. The van der Waals surface area contributed by atoms with Crippen molar-refractivity contribution in [2.45, 2.75) is 62.9 Å². The molecule has 0 amide bonds. The average molecular weight is 393 g/mol. The number of nitrogens with two attached hydrogens (primary N) is 1. The first-order valence-electron chi connectivity index (χ1n) is 9.44. The van der Waals surface area contributed by atoms with Crippen molar-refractivity contribution in [2.24, 2.45) is 5.73 Å². The molecule has 2 aliphatic rings. The normalized spacial score (nSPS) is 23.4. The Hall–Kier alpha value is -1.92. The average Bonchev–Trinajstić information content (AvgIpc) is 3.44. The van der Waals surface area contributed by atoms with Gasteiger partial charge in [0, 0.05) is 23.8 Å². The molecule has 1 heterocycles. The van der Waals surface area contributed by atoms with E-state index in [4.69, 9.17) is 17.3 Å². The predicted molar refractivity (Wildman–Crippen MR) is 102 cm³/mol. The summed E-state index contributed by atoms with van der Waals surface area (Å²) in [5.41, 5.74) is 5.97. The molecule has 2 saturated carbocycles. The first-order chi connectivity index (χ1) is 12.9. The van der Waals surface area contributed by atoms with Gasteiger partial charge in [0.05, 0.1) is 15.9 Å². The van der Waals surface area contributed by atoms with E-state index in [-0.39, 0.29) is 34.0 Å². The molecule has 7 heteroatoms. The minimum Gasteiger partial charge on any atom is -0.477 e. The number of aromatic nitrogens is 1. The monoisotopic (exact) mass is 392 g/mol. The number of hydrogen-bond acceptors (Lipinski definition) is 3. The lowest BCUT2D eigenvalue weighted by Crippen LogP contribution is -2.22. The number of carboxylic acids is 1. The number of rotatable bonds is 3. The van der Waals surface area contributed by atoms with E-state index in [1.165, 1.54) is 12.3 Å². The molecular formula is C20H22ClFN2O3. The van der Waals surface area contributed by atoms with Gasteiger partial charge in [0.2, 0.25) is 5.43 Å². The lowest BCUT2D eigenvalue weighted by molar-refractivity contribution is 0.0695. The van der Waals surface area contributed by atoms with Crippen LogP contribution >= 0.6 is 11.6 Å². The molecule has 3 N–H and O–H groups in total. The van der Waals surface area contributed by atoms with Gasteiger partial charge in [-0.2, -0.15) is 0 Å². The lowest BCUT2D eigenvalue weighted by atomic mass is 9.89. The van der Waals surface area contributed by atoms with Gasteiger partial charge in [-0.1, -0.05) is 24.4 Å². The largest absolute Gasteiger partial charge is 0.477 e. The van der Waals surface area contributed by atoms with Gasteiger partial charge in [0.15, 0.2) is 0 Å². The number of hydrogen-bond donors (Lipinski definition) is 2. The molecule has 0 spiro atoms. The van der Waals surface area contributed by atoms with Gasteiger partial charge in [0.25, 0.3) is 0 Å². The summed E-state index contributed by atoms with van der Waals surface area (Å²) in [6, 6.07) is 1.27. The maximum absolute atomic E-state index is 15.1. The summed E-state index contributed by atoms with van der Waals surface area (Å²) < 4.78 is 16.8.